The largest absolute Gasteiger partial charge is 0.319 e. The van der Waals surface area contributed by atoms with Gasteiger partial charge in [-0.2, -0.15) is 0 Å². The summed E-state index contributed by atoms with van der Waals surface area (Å²) in [5.74, 6) is 0. The van der Waals surface area contributed by atoms with Crippen molar-refractivity contribution in [2.24, 2.45) is 0 Å². The molecule has 0 saturated heterocycles. The zero-order chi connectivity index (χ0) is 18.7. The van der Waals surface area contributed by atoms with Crippen molar-refractivity contribution in [2.45, 2.75) is 77.0 Å². The molecule has 0 radical (unpaired) electrons. The Morgan fingerprint density at radius 3 is 2.12 bits per heavy atom. The number of unbranched alkanes of at least 4 members (excludes halogenated alkanes) is 6. The predicted octanol–water partition coefficient (Wildman–Crippen LogP) is 4.89. The van der Waals surface area contributed by atoms with E-state index in [1.807, 2.05) is 6.92 Å². The minimum Gasteiger partial charge on any atom is -0.319 e. The highest BCUT2D eigenvalue weighted by atomic mass is 32.2. The predicted molar refractivity (Wildman–Crippen MR) is 103 cm³/mol. The molecule has 0 aliphatic carbocycles. The van der Waals surface area contributed by atoms with Crippen molar-refractivity contribution in [3.63, 3.8) is 0 Å². The molecule has 4 nitrogen and oxygen atoms in total. The minimum absolute atomic E-state index is 0.0253. The molecule has 5 heteroatoms. The normalized spacial score (nSPS) is 12.6. The molecule has 1 aromatic rings. The fraction of sp³-hybridized carbons (Fsp3) is 0.550. The van der Waals surface area contributed by atoms with E-state index in [1.54, 1.807) is 31.2 Å². The van der Waals surface area contributed by atoms with Crippen molar-refractivity contribution in [1.82, 2.24) is 5.32 Å². The summed E-state index contributed by atoms with van der Waals surface area (Å²) in [7, 11) is -3.70. The van der Waals surface area contributed by atoms with Crippen molar-refractivity contribution < 1.29 is 13.2 Å². The van der Waals surface area contributed by atoms with Gasteiger partial charge in [-0.3, -0.25) is 4.79 Å². The van der Waals surface area contributed by atoms with E-state index < -0.39 is 9.84 Å². The quantitative estimate of drug-likeness (QED) is 0.424. The lowest BCUT2D eigenvalue weighted by Crippen LogP contribution is -2.21. The number of allylic oxidation sites excluding steroid dienone is 1. The maximum atomic E-state index is 12.8. The van der Waals surface area contributed by atoms with Gasteiger partial charge in [0.2, 0.25) is 16.2 Å². The average molecular weight is 366 g/mol. The Labute approximate surface area is 152 Å². The second-order valence-corrected chi connectivity index (χ2v) is 8.45. The van der Waals surface area contributed by atoms with Gasteiger partial charge in [0.1, 0.15) is 5.03 Å². The number of benzene rings is 1. The molecular formula is C20H31NO3S. The number of nitrogens with one attached hydrogen (secondary N) is 1. The highest BCUT2D eigenvalue weighted by Gasteiger charge is 2.22. The number of hydrogen-bond acceptors (Lipinski definition) is 3. The highest BCUT2D eigenvalue weighted by molar-refractivity contribution is 7.95. The van der Waals surface area contributed by atoms with E-state index in [1.165, 1.54) is 32.1 Å². The monoisotopic (exact) mass is 365 g/mol. The molecule has 1 N–H and O–H groups in total. The first-order valence-corrected chi connectivity index (χ1v) is 10.6. The first kappa shape index (κ1) is 21.4. The van der Waals surface area contributed by atoms with Gasteiger partial charge in [-0.25, -0.2) is 8.42 Å². The summed E-state index contributed by atoms with van der Waals surface area (Å²) in [6.07, 6.45) is 9.33. The van der Waals surface area contributed by atoms with Crippen LogP contribution in [0.3, 0.4) is 0 Å². The summed E-state index contributed by atoms with van der Waals surface area (Å²) in [5.41, 5.74) is 1.70. The number of carbonyl (C=O) groups excluding carboxylic acids is 1. The summed E-state index contributed by atoms with van der Waals surface area (Å²) in [5, 5.41) is 2.44. The lowest BCUT2D eigenvalue weighted by atomic mass is 10.1. The van der Waals surface area contributed by atoms with Crippen molar-refractivity contribution in [3.8, 4) is 0 Å². The van der Waals surface area contributed by atoms with Crippen LogP contribution in [0.25, 0.3) is 0 Å². The average Bonchev–Trinajstić information content (AvgIpc) is 2.59. The van der Waals surface area contributed by atoms with Crippen LogP contribution in [-0.2, 0) is 14.6 Å². The summed E-state index contributed by atoms with van der Waals surface area (Å²) < 4.78 is 25.6. The molecular weight excluding hydrogens is 334 g/mol. The summed E-state index contributed by atoms with van der Waals surface area (Å²) in [6.45, 7) is 5.89. The van der Waals surface area contributed by atoms with Crippen LogP contribution < -0.4 is 5.32 Å². The Kier molecular flexibility index (Phi) is 9.50. The maximum absolute atomic E-state index is 12.8. The molecule has 0 aliphatic rings. The number of hydrogen-bond donors (Lipinski definition) is 1. The Balaban J connectivity index is 2.76. The minimum atomic E-state index is -3.70. The fourth-order valence-electron chi connectivity index (χ4n) is 2.78. The Bertz CT molecular complexity index is 661. The molecule has 0 fully saturated rings. The molecule has 0 heterocycles. The van der Waals surface area contributed by atoms with Gasteiger partial charge < -0.3 is 5.32 Å². The third kappa shape index (κ3) is 7.02. The fourth-order valence-corrected chi connectivity index (χ4v) is 4.27. The van der Waals surface area contributed by atoms with E-state index in [2.05, 4.69) is 12.2 Å². The van der Waals surface area contributed by atoms with Crippen LogP contribution in [0.5, 0.6) is 0 Å². The number of rotatable bonds is 12. The second kappa shape index (κ2) is 11.1. The van der Waals surface area contributed by atoms with Gasteiger partial charge in [0, 0.05) is 0 Å². The van der Waals surface area contributed by atoms with Crippen LogP contribution in [0, 0.1) is 6.92 Å². The molecule has 0 bridgehead atoms. The van der Waals surface area contributed by atoms with Crippen LogP contribution in [0.15, 0.2) is 39.8 Å². The topological polar surface area (TPSA) is 63.2 Å². The van der Waals surface area contributed by atoms with Crippen molar-refractivity contribution in [2.75, 3.05) is 0 Å². The lowest BCUT2D eigenvalue weighted by molar-refractivity contribution is -0.108. The van der Waals surface area contributed by atoms with Gasteiger partial charge in [-0.1, -0.05) is 63.1 Å². The number of sulfone groups is 1. The van der Waals surface area contributed by atoms with E-state index in [4.69, 9.17) is 0 Å². The van der Waals surface area contributed by atoms with Crippen molar-refractivity contribution in [1.29, 1.82) is 0 Å². The van der Waals surface area contributed by atoms with Crippen LogP contribution >= 0.6 is 0 Å². The third-order valence-corrected chi connectivity index (χ3v) is 6.23. The summed E-state index contributed by atoms with van der Waals surface area (Å²) >= 11 is 0. The van der Waals surface area contributed by atoms with E-state index >= 15 is 0 Å². The van der Waals surface area contributed by atoms with E-state index in [9.17, 15) is 13.2 Å². The molecule has 0 atom stereocenters. The highest BCUT2D eigenvalue weighted by Crippen LogP contribution is 2.23. The van der Waals surface area contributed by atoms with E-state index in [0.717, 1.165) is 18.4 Å². The van der Waals surface area contributed by atoms with Gasteiger partial charge in [-0.05, 0) is 44.4 Å². The van der Waals surface area contributed by atoms with E-state index in [-0.39, 0.29) is 9.92 Å². The number of amides is 1. The van der Waals surface area contributed by atoms with Gasteiger partial charge in [0.05, 0.1) is 4.90 Å². The Hall–Kier alpha value is -1.62. The molecule has 0 saturated carbocycles. The smallest absolute Gasteiger partial charge is 0.221 e. The summed E-state index contributed by atoms with van der Waals surface area (Å²) in [4.78, 5) is 11.1. The molecule has 0 aliphatic heterocycles. The van der Waals surface area contributed by atoms with Gasteiger partial charge in [0.25, 0.3) is 0 Å². The Morgan fingerprint density at radius 2 is 1.56 bits per heavy atom. The zero-order valence-electron chi connectivity index (χ0n) is 15.7. The molecule has 0 spiro atoms. The first-order valence-electron chi connectivity index (χ1n) is 9.15. The van der Waals surface area contributed by atoms with Gasteiger partial charge >= 0.3 is 0 Å². The lowest BCUT2D eigenvalue weighted by Gasteiger charge is -2.13. The second-order valence-electron chi connectivity index (χ2n) is 6.56. The molecule has 25 heavy (non-hydrogen) atoms. The first-order chi connectivity index (χ1) is 11.9. The van der Waals surface area contributed by atoms with Gasteiger partial charge in [0.15, 0.2) is 0 Å². The molecule has 1 aromatic carbocycles. The molecule has 1 rings (SSSR count). The van der Waals surface area contributed by atoms with Gasteiger partial charge in [-0.15, -0.1) is 0 Å². The Morgan fingerprint density at radius 1 is 1.00 bits per heavy atom. The molecule has 0 unspecified atom stereocenters. The third-order valence-electron chi connectivity index (χ3n) is 4.33. The van der Waals surface area contributed by atoms with Crippen LogP contribution in [0.4, 0.5) is 0 Å². The maximum Gasteiger partial charge on any atom is 0.221 e. The van der Waals surface area contributed by atoms with Crippen LogP contribution in [0.2, 0.25) is 0 Å². The van der Waals surface area contributed by atoms with Crippen molar-refractivity contribution >= 4 is 16.2 Å². The van der Waals surface area contributed by atoms with Crippen LogP contribution in [-0.4, -0.2) is 14.8 Å². The molecule has 1 amide bonds. The number of aryl methyl sites for hydroxylation is 1. The molecule has 0 aromatic heterocycles. The molecule has 140 valence electrons. The van der Waals surface area contributed by atoms with E-state index in [0.29, 0.717) is 18.4 Å². The SMILES string of the molecule is CCCCCCCCC/C(C)=C(/NC=O)S(=O)(=O)c1ccc(C)cc1. The standard InChI is InChI=1S/C20H31NO3S/c1-4-5-6-7-8-9-10-11-18(3)20(21-16-22)25(23,24)19-14-12-17(2)13-15-19/h12-16H,4-11H2,1-3H3,(H,21,22)/b20-18-. The summed E-state index contributed by atoms with van der Waals surface area (Å²) in [6, 6.07) is 6.68. The van der Waals surface area contributed by atoms with Crippen LogP contribution in [0.1, 0.15) is 70.8 Å². The van der Waals surface area contributed by atoms with Crippen molar-refractivity contribution in [3.05, 3.63) is 40.4 Å². The zero-order valence-corrected chi connectivity index (χ0v) is 16.5. The number of carbonyl (C=O) groups is 1.